The Hall–Kier alpha value is -11.2. The summed E-state index contributed by atoms with van der Waals surface area (Å²) in [7, 11) is 0. The number of nitrogens with two attached hydrogens (primary N) is 2. The SMILES string of the molecule is CC(C)(C)OC(=O)N[C@@H](CCC(=O)NCCCC[C@@H]1NC(=O)[C@H](Cc2ccccc2)NC(=O)[C@H](CC(=O)O)NC(=O)CNC(=O)[C@H](CCC2CCN=C(N)N2)NC1=O)C(=O)NCCCC[C@H]1NC(=O)[C@H](Cc2ccccc2)NC(=O)[C@H](CC(=O)O)NC(=O)CNC(=O)[C@H](CCC2CCN=C(N)N2)NC1=O. The van der Waals surface area contributed by atoms with Gasteiger partial charge < -0.3 is 106 Å². The number of nitrogens with zero attached hydrogens (tertiary/aromatic N) is 2. The number of aliphatic carboxylic acids is 2. The van der Waals surface area contributed by atoms with Gasteiger partial charge in [-0.2, -0.15) is 0 Å². The zero-order chi connectivity index (χ0) is 76.6. The number of alkyl carbamates (subject to hydrolysis) is 1. The number of ether oxygens (including phenoxy) is 1. The quantitative estimate of drug-likeness (QED) is 0.0343. The fourth-order valence-corrected chi connectivity index (χ4v) is 11.8. The lowest BCUT2D eigenvalue weighted by Gasteiger charge is -2.27. The van der Waals surface area contributed by atoms with E-state index in [1.807, 2.05) is 0 Å². The molecule has 0 bridgehead atoms. The van der Waals surface area contributed by atoms with E-state index in [1.165, 1.54) is 0 Å². The molecular formula is C68H99N19O18. The van der Waals surface area contributed by atoms with Crippen LogP contribution in [0, 0.1) is 0 Å². The molecule has 2 fully saturated rings. The second-order valence-corrected chi connectivity index (χ2v) is 26.9. The molecule has 2 aromatic carbocycles. The molecular weight excluding hydrogens is 1370 g/mol. The lowest BCUT2D eigenvalue weighted by atomic mass is 10.0. The molecule has 0 radical (unpaired) electrons. The predicted octanol–water partition coefficient (Wildman–Crippen LogP) is -4.28. The van der Waals surface area contributed by atoms with Crippen molar-refractivity contribution in [2.45, 2.75) is 208 Å². The standard InChI is InChI=1S/C68H99N19O18/c1-68(2,3)105-67(104)87-46(56(95)72-29-13-11-19-43-60(99)84-45(23-21-41-27-31-74-66(70)78-41)58(97)76-37-53(90)80-50(35-55(93)94)64(103)86-48(62(101)82-43)33-39-16-8-5-9-17-39)24-25-51(88)71-28-12-10-18-42-59(98)83-44(22-20-40-26-30-73-65(69)77-40)57(96)75-36-52(89)79-49(34-54(91)92)63(102)85-47(61(100)81-42)32-38-14-6-4-7-15-38/h4-9,14-17,40-50H,10-13,18-37H2,1-3H3,(H,71,88)(H,72,95)(H,75,96)(H,76,97)(H,79,89)(H,80,90)(H,81,100)(H,82,101)(H,83,98)(H,84,99)(H,85,102)(H,86,103)(H,87,104)(H,91,92)(H,93,94)(H3,69,73,77)(H3,70,74,78)/t40?,41?,42-,43+,44-,45-,46-,47-,48-,49-,50-/m0/s1. The number of guanidine groups is 2. The average Bonchev–Trinajstić information content (AvgIpc) is 1.83. The Labute approximate surface area is 606 Å². The van der Waals surface area contributed by atoms with E-state index in [4.69, 9.17) is 16.2 Å². The smallest absolute Gasteiger partial charge is 0.408 e. The second-order valence-electron chi connectivity index (χ2n) is 26.9. The summed E-state index contributed by atoms with van der Waals surface area (Å²) in [6.07, 6.45) is -1.48. The van der Waals surface area contributed by atoms with Crippen LogP contribution >= 0.6 is 0 Å². The summed E-state index contributed by atoms with van der Waals surface area (Å²) in [4.78, 5) is 212. The van der Waals surface area contributed by atoms with Gasteiger partial charge in [-0.25, -0.2) is 4.79 Å². The summed E-state index contributed by atoms with van der Waals surface area (Å²) < 4.78 is 5.44. The van der Waals surface area contributed by atoms with Crippen molar-refractivity contribution in [3.8, 4) is 0 Å². The van der Waals surface area contributed by atoms with E-state index in [1.54, 1.807) is 81.4 Å². The predicted molar refractivity (Wildman–Crippen MR) is 377 cm³/mol. The molecule has 2 unspecified atom stereocenters. The van der Waals surface area contributed by atoms with Crippen molar-refractivity contribution in [2.75, 3.05) is 39.3 Å². The van der Waals surface area contributed by atoms with Gasteiger partial charge in [-0.15, -0.1) is 0 Å². The number of benzene rings is 2. The Balaban J connectivity index is 1.12. The molecule has 0 aromatic heterocycles. The maximum absolute atomic E-state index is 14.4. The first-order chi connectivity index (χ1) is 50.0. The van der Waals surface area contributed by atoms with Crippen molar-refractivity contribution < 1.29 is 86.9 Å². The topological polar surface area (TPSA) is 563 Å². The molecule has 2 saturated heterocycles. The number of rotatable bonds is 29. The summed E-state index contributed by atoms with van der Waals surface area (Å²) >= 11 is 0. The molecule has 0 spiro atoms. The van der Waals surface area contributed by atoms with E-state index in [0.717, 1.165) is 0 Å². The van der Waals surface area contributed by atoms with Gasteiger partial charge >= 0.3 is 18.0 Å². The van der Waals surface area contributed by atoms with Crippen LogP contribution in [-0.4, -0.2) is 222 Å². The first-order valence-corrected chi connectivity index (χ1v) is 35.1. The highest BCUT2D eigenvalue weighted by atomic mass is 16.6. The molecule has 0 aliphatic carbocycles. The molecule has 11 atom stereocenters. The third kappa shape index (κ3) is 30.4. The van der Waals surface area contributed by atoms with Crippen LogP contribution in [0.3, 0.4) is 0 Å². The lowest BCUT2D eigenvalue weighted by molar-refractivity contribution is -0.141. The maximum Gasteiger partial charge on any atom is 0.408 e. The normalized spacial score (nSPS) is 23.6. The first-order valence-electron chi connectivity index (χ1n) is 35.1. The van der Waals surface area contributed by atoms with Crippen LogP contribution in [0.25, 0.3) is 0 Å². The number of carbonyl (C=O) groups excluding carboxylic acids is 13. The van der Waals surface area contributed by atoms with Crippen LogP contribution < -0.4 is 91.2 Å². The van der Waals surface area contributed by atoms with Gasteiger partial charge in [-0.1, -0.05) is 60.7 Å². The zero-order valence-corrected chi connectivity index (χ0v) is 59.1. The number of nitrogens with one attached hydrogen (secondary N) is 15. The number of hydrogen-bond acceptors (Lipinski definition) is 22. The lowest BCUT2D eigenvalue weighted by Crippen LogP contribution is -2.58. The van der Waals surface area contributed by atoms with Gasteiger partial charge in [0.05, 0.1) is 25.9 Å². The van der Waals surface area contributed by atoms with Crippen molar-refractivity contribution in [1.29, 1.82) is 0 Å². The van der Waals surface area contributed by atoms with Crippen LogP contribution in [0.15, 0.2) is 70.6 Å². The van der Waals surface area contributed by atoms with Crippen molar-refractivity contribution in [3.05, 3.63) is 71.8 Å². The molecule has 574 valence electrons. The Bertz CT molecular complexity index is 3470. The van der Waals surface area contributed by atoms with Gasteiger partial charge in [0.25, 0.3) is 0 Å². The molecule has 37 heteroatoms. The monoisotopic (exact) mass is 1470 g/mol. The van der Waals surface area contributed by atoms with E-state index < -0.39 is 175 Å². The molecule has 6 rings (SSSR count). The van der Waals surface area contributed by atoms with E-state index in [-0.39, 0.29) is 121 Å². The van der Waals surface area contributed by atoms with Crippen LogP contribution in [0.2, 0.25) is 0 Å². The highest BCUT2D eigenvalue weighted by Crippen LogP contribution is 2.16. The molecule has 4 aliphatic heterocycles. The number of carboxylic acid groups (broad SMARTS) is 2. The van der Waals surface area contributed by atoms with Crippen LogP contribution in [0.1, 0.15) is 135 Å². The van der Waals surface area contributed by atoms with E-state index >= 15 is 0 Å². The molecule has 0 saturated carbocycles. The van der Waals surface area contributed by atoms with Gasteiger partial charge in [0.2, 0.25) is 70.9 Å². The van der Waals surface area contributed by atoms with Gasteiger partial charge in [-0.05, 0) is 115 Å². The third-order valence-corrected chi connectivity index (χ3v) is 17.2. The van der Waals surface area contributed by atoms with Crippen molar-refractivity contribution >= 4 is 101 Å². The van der Waals surface area contributed by atoms with Gasteiger partial charge in [0.15, 0.2) is 11.9 Å². The Morgan fingerprint density at radius 2 is 0.867 bits per heavy atom. The van der Waals surface area contributed by atoms with Gasteiger partial charge in [0.1, 0.15) is 60.0 Å². The largest absolute Gasteiger partial charge is 0.481 e. The summed E-state index contributed by atoms with van der Waals surface area (Å²) in [6.45, 7) is 4.12. The van der Waals surface area contributed by atoms with E-state index in [0.29, 0.717) is 43.5 Å². The number of aliphatic imine (C=N–C) groups is 2. The van der Waals surface area contributed by atoms with Crippen molar-refractivity contribution in [2.24, 2.45) is 21.5 Å². The fourth-order valence-electron chi connectivity index (χ4n) is 11.8. The number of amides is 13. The molecule has 2 aromatic rings. The minimum absolute atomic E-state index is 0.00658. The summed E-state index contributed by atoms with van der Waals surface area (Å²) in [5, 5.41) is 58.9. The highest BCUT2D eigenvalue weighted by Gasteiger charge is 2.37. The third-order valence-electron chi connectivity index (χ3n) is 17.2. The van der Waals surface area contributed by atoms with Gasteiger partial charge in [0, 0.05) is 57.5 Å². The molecule has 37 nitrogen and oxygen atoms in total. The minimum atomic E-state index is -1.69. The summed E-state index contributed by atoms with van der Waals surface area (Å²) in [6, 6.07) is 3.51. The van der Waals surface area contributed by atoms with Crippen LogP contribution in [0.4, 0.5) is 4.79 Å². The molecule has 105 heavy (non-hydrogen) atoms. The maximum atomic E-state index is 14.4. The van der Waals surface area contributed by atoms with E-state index in [2.05, 4.69) is 89.7 Å². The summed E-state index contributed by atoms with van der Waals surface area (Å²) in [5.74, 6) is -12.7. The first kappa shape index (κ1) is 82.8. The average molecular weight is 1470 g/mol. The zero-order valence-electron chi connectivity index (χ0n) is 59.1. The Morgan fingerprint density at radius 3 is 1.27 bits per heavy atom. The number of carboxylic acids is 2. The fraction of sp³-hybridized carbons (Fsp3) is 0.574. The Morgan fingerprint density at radius 1 is 0.486 bits per heavy atom. The van der Waals surface area contributed by atoms with E-state index in [9.17, 15) is 82.1 Å². The summed E-state index contributed by atoms with van der Waals surface area (Å²) in [5.41, 5.74) is 12.0. The molecule has 13 amide bonds. The Kier molecular flexibility index (Phi) is 33.0. The van der Waals surface area contributed by atoms with Gasteiger partial charge in [-0.3, -0.25) is 77.1 Å². The minimum Gasteiger partial charge on any atom is -0.481 e. The van der Waals surface area contributed by atoms with Crippen molar-refractivity contribution in [1.82, 2.24) is 79.8 Å². The van der Waals surface area contributed by atoms with Crippen LogP contribution in [-0.2, 0) is 84.7 Å². The van der Waals surface area contributed by atoms with Crippen molar-refractivity contribution in [3.63, 3.8) is 0 Å². The van der Waals surface area contributed by atoms with Crippen LogP contribution in [0.5, 0.6) is 0 Å². The second kappa shape index (κ2) is 41.8. The number of hydrogen-bond donors (Lipinski definition) is 19. The number of carbonyl (C=O) groups is 15. The molecule has 4 aliphatic rings. The highest BCUT2D eigenvalue weighted by molar-refractivity contribution is 6.00. The number of unbranched alkanes of at least 4 members (excludes halogenated alkanes) is 2. The molecule has 21 N–H and O–H groups in total. The molecule has 4 heterocycles.